The van der Waals surface area contributed by atoms with Crippen molar-refractivity contribution < 1.29 is 4.79 Å². The molecule has 1 amide bonds. The number of nitrogens with one attached hydrogen (secondary N) is 1. The van der Waals surface area contributed by atoms with Crippen LogP contribution in [0.4, 0.5) is 5.69 Å². The van der Waals surface area contributed by atoms with Crippen LogP contribution in [0.15, 0.2) is 46.0 Å². The lowest BCUT2D eigenvalue weighted by atomic mass is 10.0. The highest BCUT2D eigenvalue weighted by molar-refractivity contribution is 6.41. The summed E-state index contributed by atoms with van der Waals surface area (Å²) in [5.41, 5.74) is 1.36. The molecular weight excluding hydrogens is 305 g/mol. The second kappa shape index (κ2) is 6.47. The summed E-state index contributed by atoms with van der Waals surface area (Å²) < 4.78 is 0. The summed E-state index contributed by atoms with van der Waals surface area (Å²) in [5, 5.41) is 4.37. The van der Waals surface area contributed by atoms with E-state index < -0.39 is 0 Å². The number of carbonyl (C=O) groups excluding carboxylic acids is 1. The Morgan fingerprint density at radius 1 is 1.21 bits per heavy atom. The van der Waals surface area contributed by atoms with Crippen molar-refractivity contribution in [2.45, 2.75) is 19.3 Å². The van der Waals surface area contributed by atoms with Gasteiger partial charge in [-0.3, -0.25) is 4.79 Å². The fraction of sp³-hybridized carbons (Fsp3) is 0.214. The van der Waals surface area contributed by atoms with Gasteiger partial charge in [-0.15, -0.1) is 0 Å². The number of hydrogen-bond donors (Lipinski definition) is 1. The zero-order valence-corrected chi connectivity index (χ0v) is 12.3. The quantitative estimate of drug-likeness (QED) is 0.828. The highest BCUT2D eigenvalue weighted by Gasteiger charge is 2.16. The lowest BCUT2D eigenvalue weighted by molar-refractivity contribution is -0.115. The van der Waals surface area contributed by atoms with Gasteiger partial charge >= 0.3 is 0 Å². The third-order valence-corrected chi connectivity index (χ3v) is 4.05. The van der Waals surface area contributed by atoms with Gasteiger partial charge in [-0.25, -0.2) is 0 Å². The molecule has 1 aromatic rings. The highest BCUT2D eigenvalue weighted by Crippen LogP contribution is 2.32. The molecule has 0 saturated carbocycles. The van der Waals surface area contributed by atoms with Crippen molar-refractivity contribution in [3.05, 3.63) is 51.0 Å². The van der Waals surface area contributed by atoms with Crippen LogP contribution in [-0.4, -0.2) is 5.91 Å². The number of allylic oxidation sites excluding steroid dienone is 3. The predicted octanol–water partition coefficient (Wildman–Crippen LogP) is 5.08. The Morgan fingerprint density at radius 2 is 1.95 bits per heavy atom. The van der Waals surface area contributed by atoms with Crippen LogP contribution in [0.3, 0.4) is 0 Å². The second-order valence-corrected chi connectivity index (χ2v) is 5.43. The molecule has 0 aliphatic heterocycles. The van der Waals surface area contributed by atoms with Gasteiger partial charge in [0.15, 0.2) is 0 Å². The number of carbonyl (C=O) groups is 1. The van der Waals surface area contributed by atoms with Crippen molar-refractivity contribution in [3.63, 3.8) is 0 Å². The molecule has 0 aromatic heterocycles. The summed E-state index contributed by atoms with van der Waals surface area (Å²) >= 11 is 18.0. The maximum Gasteiger partial charge on any atom is 0.228 e. The van der Waals surface area contributed by atoms with E-state index in [1.54, 1.807) is 18.2 Å². The molecule has 2 rings (SSSR count). The fourth-order valence-electron chi connectivity index (χ4n) is 1.83. The third-order valence-electron chi connectivity index (χ3n) is 2.77. The smallest absolute Gasteiger partial charge is 0.228 e. The molecule has 100 valence electrons. The standard InChI is InChI=1S/C14H12Cl3NO/c15-10-5-1-2-7-12(10)18-13(19)8-9-4-3-6-11(16)14(9)17/h1-2,4-5,7H,3,6,8H2,(H,18,19). The second-order valence-electron chi connectivity index (χ2n) is 4.19. The van der Waals surface area contributed by atoms with Crippen LogP contribution in [-0.2, 0) is 4.79 Å². The number of hydrogen-bond acceptors (Lipinski definition) is 1. The Hall–Kier alpha value is -0.960. The first-order valence-electron chi connectivity index (χ1n) is 5.86. The molecule has 0 fully saturated rings. The first-order chi connectivity index (χ1) is 9.08. The van der Waals surface area contributed by atoms with Gasteiger partial charge in [0, 0.05) is 5.03 Å². The average molecular weight is 317 g/mol. The van der Waals surface area contributed by atoms with Gasteiger partial charge in [0.25, 0.3) is 0 Å². The van der Waals surface area contributed by atoms with Crippen molar-refractivity contribution in [1.29, 1.82) is 0 Å². The monoisotopic (exact) mass is 315 g/mol. The molecular formula is C14H12Cl3NO. The SMILES string of the molecule is O=C(CC1=CCCC(Cl)=C1Cl)Nc1ccccc1Cl. The first kappa shape index (κ1) is 14.4. The molecule has 1 aliphatic carbocycles. The number of para-hydroxylation sites is 1. The van der Waals surface area contributed by atoms with E-state index >= 15 is 0 Å². The summed E-state index contributed by atoms with van der Waals surface area (Å²) in [6, 6.07) is 7.09. The molecule has 1 N–H and O–H groups in total. The minimum Gasteiger partial charge on any atom is -0.324 e. The summed E-state index contributed by atoms with van der Waals surface area (Å²) in [6.45, 7) is 0. The zero-order chi connectivity index (χ0) is 13.8. The molecule has 0 saturated heterocycles. The summed E-state index contributed by atoms with van der Waals surface area (Å²) in [6.07, 6.45) is 3.68. The van der Waals surface area contributed by atoms with E-state index in [-0.39, 0.29) is 12.3 Å². The minimum absolute atomic E-state index is 0.163. The van der Waals surface area contributed by atoms with E-state index in [1.807, 2.05) is 12.1 Å². The van der Waals surface area contributed by atoms with E-state index in [9.17, 15) is 4.79 Å². The van der Waals surface area contributed by atoms with Crippen LogP contribution in [0.1, 0.15) is 19.3 Å². The van der Waals surface area contributed by atoms with Crippen molar-refractivity contribution in [2.75, 3.05) is 5.32 Å². The lowest BCUT2D eigenvalue weighted by Crippen LogP contribution is -2.13. The molecule has 19 heavy (non-hydrogen) atoms. The molecule has 0 heterocycles. The van der Waals surface area contributed by atoms with Crippen LogP contribution in [0.25, 0.3) is 0 Å². The van der Waals surface area contributed by atoms with Gasteiger partial charge in [0.1, 0.15) is 0 Å². The minimum atomic E-state index is -0.163. The summed E-state index contributed by atoms with van der Waals surface area (Å²) in [7, 11) is 0. The van der Waals surface area contributed by atoms with Crippen LogP contribution in [0, 0.1) is 0 Å². The van der Waals surface area contributed by atoms with E-state index in [0.29, 0.717) is 20.8 Å². The predicted molar refractivity (Wildman–Crippen MR) is 80.7 cm³/mol. The lowest BCUT2D eigenvalue weighted by Gasteiger charge is -2.14. The Morgan fingerprint density at radius 3 is 2.68 bits per heavy atom. The van der Waals surface area contributed by atoms with Crippen molar-refractivity contribution in [1.82, 2.24) is 0 Å². The Kier molecular flexibility index (Phi) is 4.92. The number of anilines is 1. The number of amides is 1. The zero-order valence-electron chi connectivity index (χ0n) is 10.1. The number of benzene rings is 1. The Bertz CT molecular complexity index is 564. The number of rotatable bonds is 3. The average Bonchev–Trinajstić information content (AvgIpc) is 2.38. The maximum absolute atomic E-state index is 12.0. The molecule has 0 spiro atoms. The van der Waals surface area contributed by atoms with Gasteiger partial charge in [0.05, 0.1) is 22.2 Å². The molecule has 0 bridgehead atoms. The van der Waals surface area contributed by atoms with Gasteiger partial charge in [0.2, 0.25) is 5.91 Å². The van der Waals surface area contributed by atoms with Gasteiger partial charge in [-0.2, -0.15) is 0 Å². The molecule has 0 atom stereocenters. The van der Waals surface area contributed by atoms with Gasteiger partial charge in [-0.1, -0.05) is 53.0 Å². The number of halogens is 3. The van der Waals surface area contributed by atoms with Crippen LogP contribution < -0.4 is 5.32 Å². The van der Waals surface area contributed by atoms with E-state index in [4.69, 9.17) is 34.8 Å². The highest BCUT2D eigenvalue weighted by atomic mass is 35.5. The van der Waals surface area contributed by atoms with Gasteiger partial charge in [-0.05, 0) is 30.5 Å². The maximum atomic E-state index is 12.0. The van der Waals surface area contributed by atoms with E-state index in [2.05, 4.69) is 5.32 Å². The van der Waals surface area contributed by atoms with Crippen LogP contribution in [0.2, 0.25) is 5.02 Å². The molecule has 1 aromatic carbocycles. The van der Waals surface area contributed by atoms with E-state index in [0.717, 1.165) is 18.4 Å². The largest absolute Gasteiger partial charge is 0.324 e. The Labute approximate surface area is 127 Å². The summed E-state index contributed by atoms with van der Waals surface area (Å²) in [5.74, 6) is -0.163. The van der Waals surface area contributed by atoms with Crippen molar-refractivity contribution >= 4 is 46.4 Å². The van der Waals surface area contributed by atoms with Gasteiger partial charge < -0.3 is 5.32 Å². The van der Waals surface area contributed by atoms with Crippen LogP contribution >= 0.6 is 34.8 Å². The topological polar surface area (TPSA) is 29.1 Å². The molecule has 1 aliphatic rings. The molecule has 0 radical (unpaired) electrons. The molecule has 5 heteroatoms. The van der Waals surface area contributed by atoms with Crippen molar-refractivity contribution in [2.24, 2.45) is 0 Å². The van der Waals surface area contributed by atoms with Crippen molar-refractivity contribution in [3.8, 4) is 0 Å². The van der Waals surface area contributed by atoms with E-state index in [1.165, 1.54) is 0 Å². The fourth-order valence-corrected chi connectivity index (χ4v) is 2.48. The third kappa shape index (κ3) is 3.75. The molecule has 0 unspecified atom stereocenters. The first-order valence-corrected chi connectivity index (χ1v) is 6.99. The normalized spacial score (nSPS) is 15.2. The van der Waals surface area contributed by atoms with Crippen LogP contribution in [0.5, 0.6) is 0 Å². The molecule has 2 nitrogen and oxygen atoms in total. The summed E-state index contributed by atoms with van der Waals surface area (Å²) in [4.78, 5) is 12.0. The Balaban J connectivity index is 2.03.